The maximum absolute atomic E-state index is 12.4. The molecule has 1 saturated heterocycles. The van der Waals surface area contributed by atoms with Crippen LogP contribution in [0.25, 0.3) is 0 Å². The summed E-state index contributed by atoms with van der Waals surface area (Å²) in [6.07, 6.45) is 5.48. The SMILES string of the molecule is O=C(NCC1(C(=O)O)CCCCC1)c1ccc(N2CCCC2=O)cc1. The number of hydrogen-bond acceptors (Lipinski definition) is 3. The molecule has 6 heteroatoms. The summed E-state index contributed by atoms with van der Waals surface area (Å²) < 4.78 is 0. The van der Waals surface area contributed by atoms with E-state index in [1.165, 1.54) is 0 Å². The summed E-state index contributed by atoms with van der Waals surface area (Å²) in [5.74, 6) is -0.987. The number of carbonyl (C=O) groups excluding carboxylic acids is 2. The van der Waals surface area contributed by atoms with Gasteiger partial charge in [0.25, 0.3) is 5.91 Å². The molecule has 25 heavy (non-hydrogen) atoms. The van der Waals surface area contributed by atoms with Crippen molar-refractivity contribution in [2.24, 2.45) is 5.41 Å². The Morgan fingerprint density at radius 1 is 1.08 bits per heavy atom. The quantitative estimate of drug-likeness (QED) is 0.859. The van der Waals surface area contributed by atoms with Gasteiger partial charge in [0, 0.05) is 30.8 Å². The number of anilines is 1. The van der Waals surface area contributed by atoms with E-state index in [0.29, 0.717) is 31.4 Å². The molecule has 0 spiro atoms. The van der Waals surface area contributed by atoms with Crippen molar-refractivity contribution < 1.29 is 19.5 Å². The number of amides is 2. The van der Waals surface area contributed by atoms with Crippen molar-refractivity contribution in [1.82, 2.24) is 5.32 Å². The zero-order valence-electron chi connectivity index (χ0n) is 14.3. The van der Waals surface area contributed by atoms with Gasteiger partial charge in [-0.1, -0.05) is 19.3 Å². The molecule has 2 N–H and O–H groups in total. The molecule has 2 amide bonds. The molecule has 1 saturated carbocycles. The fourth-order valence-electron chi connectivity index (χ4n) is 3.76. The summed E-state index contributed by atoms with van der Waals surface area (Å²) in [5.41, 5.74) is 0.440. The molecule has 0 atom stereocenters. The molecule has 0 aromatic heterocycles. The van der Waals surface area contributed by atoms with Crippen LogP contribution in [-0.4, -0.2) is 36.0 Å². The average molecular weight is 344 g/mol. The van der Waals surface area contributed by atoms with E-state index in [9.17, 15) is 19.5 Å². The van der Waals surface area contributed by atoms with Crippen molar-refractivity contribution in [3.63, 3.8) is 0 Å². The maximum atomic E-state index is 12.4. The summed E-state index contributed by atoms with van der Waals surface area (Å²) in [6.45, 7) is 0.874. The fourth-order valence-corrected chi connectivity index (χ4v) is 3.76. The Labute approximate surface area is 147 Å². The molecule has 3 rings (SSSR count). The minimum absolute atomic E-state index is 0.109. The van der Waals surface area contributed by atoms with Gasteiger partial charge < -0.3 is 15.3 Å². The summed E-state index contributed by atoms with van der Waals surface area (Å²) in [6, 6.07) is 6.91. The van der Waals surface area contributed by atoms with E-state index in [-0.39, 0.29) is 18.4 Å². The lowest BCUT2D eigenvalue weighted by molar-refractivity contribution is -0.150. The molecule has 6 nitrogen and oxygen atoms in total. The number of carboxylic acids is 1. The Hall–Kier alpha value is -2.37. The topological polar surface area (TPSA) is 86.7 Å². The highest BCUT2D eigenvalue weighted by Crippen LogP contribution is 2.36. The number of benzene rings is 1. The van der Waals surface area contributed by atoms with Crippen LogP contribution in [0.1, 0.15) is 55.3 Å². The molecule has 2 fully saturated rings. The van der Waals surface area contributed by atoms with Crippen LogP contribution in [-0.2, 0) is 9.59 Å². The Morgan fingerprint density at radius 3 is 2.32 bits per heavy atom. The van der Waals surface area contributed by atoms with E-state index in [1.54, 1.807) is 29.2 Å². The number of carboxylic acid groups (broad SMARTS) is 1. The predicted octanol–water partition coefficient (Wildman–Crippen LogP) is 2.58. The van der Waals surface area contributed by atoms with E-state index >= 15 is 0 Å². The lowest BCUT2D eigenvalue weighted by atomic mass is 9.74. The molecule has 0 bridgehead atoms. The van der Waals surface area contributed by atoms with Crippen molar-refractivity contribution in [3.8, 4) is 0 Å². The minimum atomic E-state index is -0.837. The molecular weight excluding hydrogens is 320 g/mol. The normalized spacial score (nSPS) is 19.7. The van der Waals surface area contributed by atoms with E-state index in [0.717, 1.165) is 31.4 Å². The molecule has 1 aromatic carbocycles. The number of nitrogens with one attached hydrogen (secondary N) is 1. The molecule has 2 aliphatic rings. The van der Waals surface area contributed by atoms with Crippen molar-refractivity contribution >= 4 is 23.5 Å². The van der Waals surface area contributed by atoms with Crippen LogP contribution in [0.15, 0.2) is 24.3 Å². The van der Waals surface area contributed by atoms with E-state index in [2.05, 4.69) is 5.32 Å². The van der Waals surface area contributed by atoms with Crippen LogP contribution >= 0.6 is 0 Å². The largest absolute Gasteiger partial charge is 0.481 e. The first-order valence-corrected chi connectivity index (χ1v) is 8.94. The first-order valence-electron chi connectivity index (χ1n) is 8.94. The highest BCUT2D eigenvalue weighted by Gasteiger charge is 2.39. The Bertz CT molecular complexity index is 663. The fraction of sp³-hybridized carbons (Fsp3) is 0.526. The molecule has 0 radical (unpaired) electrons. The number of nitrogens with zero attached hydrogens (tertiary/aromatic N) is 1. The van der Waals surface area contributed by atoms with E-state index in [1.807, 2.05) is 0 Å². The minimum Gasteiger partial charge on any atom is -0.481 e. The smallest absolute Gasteiger partial charge is 0.311 e. The predicted molar refractivity (Wildman–Crippen MR) is 93.5 cm³/mol. The van der Waals surface area contributed by atoms with Crippen molar-refractivity contribution in [2.75, 3.05) is 18.0 Å². The van der Waals surface area contributed by atoms with E-state index < -0.39 is 11.4 Å². The monoisotopic (exact) mass is 344 g/mol. The van der Waals surface area contributed by atoms with Gasteiger partial charge in [0.2, 0.25) is 5.91 Å². The van der Waals surface area contributed by atoms with Gasteiger partial charge in [0.15, 0.2) is 0 Å². The summed E-state index contributed by atoms with van der Waals surface area (Å²) in [5, 5.41) is 12.4. The molecular formula is C19H24N2O4. The Kier molecular flexibility index (Phi) is 5.06. The van der Waals surface area contributed by atoms with Crippen LogP contribution < -0.4 is 10.2 Å². The molecule has 0 unspecified atom stereocenters. The van der Waals surface area contributed by atoms with Gasteiger partial charge in [-0.15, -0.1) is 0 Å². The molecule has 134 valence electrons. The van der Waals surface area contributed by atoms with Gasteiger partial charge >= 0.3 is 5.97 Å². The second-order valence-corrected chi connectivity index (χ2v) is 7.02. The van der Waals surface area contributed by atoms with Gasteiger partial charge in [-0.05, 0) is 43.5 Å². The van der Waals surface area contributed by atoms with Gasteiger partial charge in [-0.25, -0.2) is 0 Å². The van der Waals surface area contributed by atoms with Gasteiger partial charge in [-0.3, -0.25) is 14.4 Å². The first kappa shape index (κ1) is 17.5. The number of hydrogen-bond donors (Lipinski definition) is 2. The average Bonchev–Trinajstić information content (AvgIpc) is 3.06. The van der Waals surface area contributed by atoms with Gasteiger partial charge in [0.05, 0.1) is 5.41 Å². The highest BCUT2D eigenvalue weighted by atomic mass is 16.4. The summed E-state index contributed by atoms with van der Waals surface area (Å²) in [4.78, 5) is 37.5. The third-order valence-electron chi connectivity index (χ3n) is 5.37. The van der Waals surface area contributed by atoms with Gasteiger partial charge in [0.1, 0.15) is 0 Å². The summed E-state index contributed by atoms with van der Waals surface area (Å²) in [7, 11) is 0. The van der Waals surface area contributed by atoms with Crippen molar-refractivity contribution in [1.29, 1.82) is 0 Å². The van der Waals surface area contributed by atoms with Crippen LogP contribution in [0.2, 0.25) is 0 Å². The van der Waals surface area contributed by atoms with Gasteiger partial charge in [-0.2, -0.15) is 0 Å². The van der Waals surface area contributed by atoms with Crippen molar-refractivity contribution in [3.05, 3.63) is 29.8 Å². The number of rotatable bonds is 5. The van der Waals surface area contributed by atoms with Crippen LogP contribution in [0.5, 0.6) is 0 Å². The second-order valence-electron chi connectivity index (χ2n) is 7.02. The lowest BCUT2D eigenvalue weighted by Gasteiger charge is -2.33. The highest BCUT2D eigenvalue weighted by molar-refractivity contribution is 5.97. The second kappa shape index (κ2) is 7.25. The van der Waals surface area contributed by atoms with Crippen molar-refractivity contribution in [2.45, 2.75) is 44.9 Å². The number of aliphatic carboxylic acids is 1. The molecule has 1 heterocycles. The zero-order chi connectivity index (χ0) is 17.9. The number of carbonyl (C=O) groups is 3. The third-order valence-corrected chi connectivity index (χ3v) is 5.37. The van der Waals surface area contributed by atoms with Crippen LogP contribution in [0.4, 0.5) is 5.69 Å². The van der Waals surface area contributed by atoms with E-state index in [4.69, 9.17) is 0 Å². The van der Waals surface area contributed by atoms with Crippen LogP contribution in [0.3, 0.4) is 0 Å². The Morgan fingerprint density at radius 2 is 1.76 bits per heavy atom. The molecule has 1 aliphatic carbocycles. The Balaban J connectivity index is 1.63. The maximum Gasteiger partial charge on any atom is 0.311 e. The lowest BCUT2D eigenvalue weighted by Crippen LogP contribution is -2.44. The molecule has 1 aliphatic heterocycles. The van der Waals surface area contributed by atoms with Crippen LogP contribution in [0, 0.1) is 5.41 Å². The molecule has 1 aromatic rings. The first-order chi connectivity index (χ1) is 12.0. The summed E-state index contributed by atoms with van der Waals surface area (Å²) >= 11 is 0. The third kappa shape index (κ3) is 3.67. The zero-order valence-corrected chi connectivity index (χ0v) is 14.3. The standard InChI is InChI=1S/C19H24N2O4/c22-16-5-4-12-21(16)15-8-6-14(7-9-15)17(23)20-13-19(18(24)25)10-2-1-3-11-19/h6-9H,1-5,10-13H2,(H,20,23)(H,24,25).